The van der Waals surface area contributed by atoms with Gasteiger partial charge < -0.3 is 31.5 Å². The van der Waals surface area contributed by atoms with E-state index in [2.05, 4.69) is 42.8 Å². The highest BCUT2D eigenvalue weighted by Crippen LogP contribution is 2.39. The Morgan fingerprint density at radius 3 is 2.59 bits per heavy atom. The predicted octanol–water partition coefficient (Wildman–Crippen LogP) is -0.250. The van der Waals surface area contributed by atoms with Gasteiger partial charge in [0, 0.05) is 25.6 Å². The van der Waals surface area contributed by atoms with Crippen LogP contribution in [0.3, 0.4) is 0 Å². The first-order valence-corrected chi connectivity index (χ1v) is 11.4. The molecule has 0 spiro atoms. The Labute approximate surface area is 200 Å². The van der Waals surface area contributed by atoms with Crippen molar-refractivity contribution >= 4 is 23.1 Å². The van der Waals surface area contributed by atoms with Gasteiger partial charge in [-0.05, 0) is 34.0 Å². The van der Waals surface area contributed by atoms with E-state index in [0.717, 1.165) is 25.1 Å². The summed E-state index contributed by atoms with van der Waals surface area (Å²) in [4.78, 5) is 32.5. The second-order valence-electron chi connectivity index (χ2n) is 8.39. The Balaban J connectivity index is 1.87. The molecule has 6 N–H and O–H groups in total. The number of carbonyl (C=O) groups is 1. The maximum atomic E-state index is 12.9. The van der Waals surface area contributed by atoms with Crippen molar-refractivity contribution < 1.29 is 10.1 Å². The summed E-state index contributed by atoms with van der Waals surface area (Å²) in [5, 5.41) is 14.4. The smallest absolute Gasteiger partial charge is 0.307 e. The molecule has 0 aromatic carbocycles. The van der Waals surface area contributed by atoms with E-state index in [4.69, 9.17) is 4.98 Å². The second-order valence-corrected chi connectivity index (χ2v) is 8.39. The molecule has 0 atom stereocenters. The van der Waals surface area contributed by atoms with E-state index in [0.29, 0.717) is 53.3 Å². The monoisotopic (exact) mass is 467 g/mol. The van der Waals surface area contributed by atoms with E-state index in [1.54, 1.807) is 23.9 Å². The van der Waals surface area contributed by atoms with Crippen LogP contribution in [0.1, 0.15) is 30.1 Å². The number of nitrogens with two attached hydrogens (primary N) is 1. The van der Waals surface area contributed by atoms with E-state index in [-0.39, 0.29) is 5.91 Å². The first-order valence-electron chi connectivity index (χ1n) is 11.4. The summed E-state index contributed by atoms with van der Waals surface area (Å²) >= 11 is 0. The van der Waals surface area contributed by atoms with Crippen molar-refractivity contribution in [3.63, 3.8) is 0 Å². The lowest BCUT2D eigenvalue weighted by Crippen LogP contribution is -2.81. The molecule has 0 saturated heterocycles. The first-order chi connectivity index (χ1) is 16.4. The van der Waals surface area contributed by atoms with Crippen molar-refractivity contribution in [3.8, 4) is 0 Å². The van der Waals surface area contributed by atoms with Crippen LogP contribution in [-0.2, 0) is 4.79 Å². The Hall–Kier alpha value is -3.41. The molecule has 182 valence electrons. The molecule has 0 aliphatic heterocycles. The van der Waals surface area contributed by atoms with Crippen LogP contribution in [0.5, 0.6) is 0 Å². The van der Waals surface area contributed by atoms with Gasteiger partial charge in [0.25, 0.3) is 0 Å². The van der Waals surface area contributed by atoms with Crippen LogP contribution in [0.4, 0.5) is 11.5 Å². The van der Waals surface area contributed by atoms with E-state index in [1.807, 2.05) is 33.1 Å². The lowest BCUT2D eigenvalue weighted by Gasteiger charge is -2.18. The normalized spacial score (nSPS) is 13.9. The number of rotatable bonds is 13. The molecule has 0 radical (unpaired) electrons. The van der Waals surface area contributed by atoms with E-state index in [9.17, 15) is 4.79 Å². The first kappa shape index (κ1) is 25.2. The van der Waals surface area contributed by atoms with Gasteiger partial charge in [0.05, 0.1) is 48.4 Å². The quantitative estimate of drug-likeness (QED) is 0.253. The van der Waals surface area contributed by atoms with Crippen molar-refractivity contribution in [2.75, 3.05) is 53.1 Å². The van der Waals surface area contributed by atoms with Gasteiger partial charge in [0.1, 0.15) is 12.0 Å². The Morgan fingerprint density at radius 1 is 1.24 bits per heavy atom. The highest BCUT2D eigenvalue weighted by Gasteiger charge is 2.27. The number of carbonyl (C=O) groups excluding carboxylic acids is 1. The molecule has 34 heavy (non-hydrogen) atoms. The predicted molar refractivity (Wildman–Crippen MR) is 132 cm³/mol. The molecule has 1 aliphatic carbocycles. The van der Waals surface area contributed by atoms with Crippen LogP contribution in [0.25, 0.3) is 5.70 Å². The minimum Gasteiger partial charge on any atom is -0.351 e. The highest BCUT2D eigenvalue weighted by atomic mass is 16.2. The third-order valence-electron chi connectivity index (χ3n) is 5.25. The minimum atomic E-state index is -0.146. The van der Waals surface area contributed by atoms with Gasteiger partial charge in [0.2, 0.25) is 5.70 Å². The number of hydrogen-bond donors (Lipinski definition) is 5. The molecular weight excluding hydrogens is 432 g/mol. The Morgan fingerprint density at radius 2 is 1.97 bits per heavy atom. The highest BCUT2D eigenvalue weighted by molar-refractivity contribution is 5.91. The summed E-state index contributed by atoms with van der Waals surface area (Å²) in [7, 11) is 7.61. The van der Waals surface area contributed by atoms with Gasteiger partial charge >= 0.3 is 5.91 Å². The summed E-state index contributed by atoms with van der Waals surface area (Å²) in [6.45, 7) is 5.99. The molecule has 1 saturated carbocycles. The summed E-state index contributed by atoms with van der Waals surface area (Å²) in [5.41, 5.74) is 4.01. The molecule has 11 heteroatoms. The standard InChI is InChI=1S/C23H34N10O/c1-15(30-19(12-24-2)21(25-3)23(34)28-8-9-33(4)5)20-22(31-17-10-26-14-27-11-17)29-13-18(32-20)16-6-7-16/h10-11,13-14,16,24-25,30H,1,6-9,12H2,2-5H3,(H,28,34)(H,29,31)/p+1. The lowest BCUT2D eigenvalue weighted by molar-refractivity contribution is -0.571. The minimum absolute atomic E-state index is 0.146. The number of aromatic nitrogens is 4. The van der Waals surface area contributed by atoms with Gasteiger partial charge in [-0.3, -0.25) is 4.79 Å². The zero-order valence-corrected chi connectivity index (χ0v) is 20.4. The van der Waals surface area contributed by atoms with Gasteiger partial charge in [0.15, 0.2) is 5.82 Å². The molecule has 1 aliphatic rings. The van der Waals surface area contributed by atoms with Gasteiger partial charge in [-0.15, -0.1) is 0 Å². The fraction of sp³-hybridized carbons (Fsp3) is 0.435. The van der Waals surface area contributed by atoms with Crippen molar-refractivity contribution in [3.05, 3.63) is 54.3 Å². The summed E-state index contributed by atoms with van der Waals surface area (Å²) in [6, 6.07) is 0. The Bertz CT molecular complexity index is 1020. The van der Waals surface area contributed by atoms with Crippen LogP contribution in [0, 0.1) is 0 Å². The van der Waals surface area contributed by atoms with Gasteiger partial charge in [-0.25, -0.2) is 19.9 Å². The van der Waals surface area contributed by atoms with E-state index in [1.165, 1.54) is 6.33 Å². The number of likely N-dealkylation sites (N-methyl/N-ethyl adjacent to an activating group) is 3. The molecule has 0 bridgehead atoms. The average molecular weight is 468 g/mol. The molecule has 0 unspecified atom stereocenters. The zero-order chi connectivity index (χ0) is 24.5. The molecule has 11 nitrogen and oxygen atoms in total. The van der Waals surface area contributed by atoms with E-state index >= 15 is 0 Å². The van der Waals surface area contributed by atoms with Crippen molar-refractivity contribution in [1.82, 2.24) is 40.8 Å². The van der Waals surface area contributed by atoms with Gasteiger partial charge in [-0.2, -0.15) is 0 Å². The molecule has 1 amide bonds. The number of nitrogens with one attached hydrogen (secondary N) is 4. The molecule has 2 aromatic rings. The number of amides is 1. The lowest BCUT2D eigenvalue weighted by atomic mass is 10.2. The van der Waals surface area contributed by atoms with Crippen molar-refractivity contribution in [1.29, 1.82) is 0 Å². The number of anilines is 2. The molecule has 3 rings (SSSR count). The molecule has 2 heterocycles. The van der Waals surface area contributed by atoms with Crippen LogP contribution >= 0.6 is 0 Å². The number of nitrogens with zero attached hydrogens (tertiary/aromatic N) is 5. The van der Waals surface area contributed by atoms with Crippen LogP contribution in [-0.4, -0.2) is 78.6 Å². The van der Waals surface area contributed by atoms with Crippen LogP contribution < -0.4 is 26.6 Å². The van der Waals surface area contributed by atoms with Crippen LogP contribution in [0.2, 0.25) is 0 Å². The zero-order valence-electron chi connectivity index (χ0n) is 20.4. The maximum Gasteiger partial charge on any atom is 0.307 e. The molecule has 2 aromatic heterocycles. The largest absolute Gasteiger partial charge is 0.351 e. The summed E-state index contributed by atoms with van der Waals surface area (Å²) in [5.74, 6) is 0.827. The Kier molecular flexibility index (Phi) is 9.02. The fourth-order valence-corrected chi connectivity index (χ4v) is 3.34. The molecular formula is C23H35N10O+. The third kappa shape index (κ3) is 7.04. The SMILES string of the molecule is C=C(NC(CNC)=C([NH2+]C)C(=O)NCCN(C)C)c1nc(C2CC2)cnc1Nc1cncnc1. The summed E-state index contributed by atoms with van der Waals surface area (Å²) in [6.07, 6.45) is 8.82. The van der Waals surface area contributed by atoms with Crippen LogP contribution in [0.15, 0.2) is 42.9 Å². The second kappa shape index (κ2) is 12.2. The van der Waals surface area contributed by atoms with Gasteiger partial charge in [-0.1, -0.05) is 6.58 Å². The number of quaternary nitrogens is 1. The fourth-order valence-electron chi connectivity index (χ4n) is 3.34. The topological polar surface area (TPSA) is 137 Å². The van der Waals surface area contributed by atoms with Crippen molar-refractivity contribution in [2.45, 2.75) is 18.8 Å². The average Bonchev–Trinajstić information content (AvgIpc) is 3.66. The molecule has 1 fully saturated rings. The number of hydrogen-bond acceptors (Lipinski definition) is 9. The maximum absolute atomic E-state index is 12.9. The van der Waals surface area contributed by atoms with Crippen molar-refractivity contribution in [2.24, 2.45) is 0 Å². The van der Waals surface area contributed by atoms with E-state index < -0.39 is 0 Å². The summed E-state index contributed by atoms with van der Waals surface area (Å²) < 4.78 is 0. The third-order valence-corrected chi connectivity index (χ3v) is 5.25.